The Bertz CT molecular complexity index is 546. The molecule has 0 bridgehead atoms. The molecule has 0 aliphatic heterocycles. The van der Waals surface area contributed by atoms with E-state index in [2.05, 4.69) is 51.2 Å². The van der Waals surface area contributed by atoms with Crippen molar-refractivity contribution in [1.82, 2.24) is 5.32 Å². The summed E-state index contributed by atoms with van der Waals surface area (Å²) in [6, 6.07) is 10.3. The van der Waals surface area contributed by atoms with Gasteiger partial charge in [0.1, 0.15) is 17.6 Å². The van der Waals surface area contributed by atoms with Gasteiger partial charge in [-0.3, -0.25) is 0 Å². The first kappa shape index (κ1) is 15.6. The summed E-state index contributed by atoms with van der Waals surface area (Å²) in [4.78, 5) is 0. The van der Waals surface area contributed by atoms with Crippen molar-refractivity contribution >= 4 is 0 Å². The van der Waals surface area contributed by atoms with E-state index in [0.717, 1.165) is 24.6 Å². The topological polar surface area (TPSA) is 34.4 Å². The van der Waals surface area contributed by atoms with Crippen molar-refractivity contribution in [2.75, 3.05) is 6.54 Å². The minimum atomic E-state index is 0.113. The molecule has 1 atom stereocenters. The summed E-state index contributed by atoms with van der Waals surface area (Å²) < 4.78 is 11.3. The van der Waals surface area contributed by atoms with Gasteiger partial charge in [-0.25, -0.2) is 0 Å². The number of hydrogen-bond acceptors (Lipinski definition) is 3. The summed E-state index contributed by atoms with van der Waals surface area (Å²) in [5, 5.41) is 3.34. The Morgan fingerprint density at radius 2 is 2.00 bits per heavy atom. The zero-order valence-corrected chi connectivity index (χ0v) is 13.3. The van der Waals surface area contributed by atoms with Crippen LogP contribution in [-0.4, -0.2) is 12.6 Å². The molecule has 0 spiro atoms. The van der Waals surface area contributed by atoms with Crippen molar-refractivity contribution in [2.24, 2.45) is 0 Å². The van der Waals surface area contributed by atoms with Crippen molar-refractivity contribution in [1.29, 1.82) is 0 Å². The average molecular weight is 287 g/mol. The summed E-state index contributed by atoms with van der Waals surface area (Å²) in [7, 11) is 0. The van der Waals surface area contributed by atoms with Crippen molar-refractivity contribution in [3.63, 3.8) is 0 Å². The number of aryl methyl sites for hydroxylation is 1. The number of hydrogen-bond donors (Lipinski definition) is 1. The third kappa shape index (κ3) is 4.94. The Balaban J connectivity index is 1.85. The predicted molar refractivity (Wildman–Crippen MR) is 85.8 cm³/mol. The summed E-state index contributed by atoms with van der Waals surface area (Å²) in [5.41, 5.74) is 2.56. The summed E-state index contributed by atoms with van der Waals surface area (Å²) in [6.45, 7) is 10.1. The van der Waals surface area contributed by atoms with Gasteiger partial charge in [-0.1, -0.05) is 19.9 Å². The fraction of sp³-hybridized carbons (Fsp3) is 0.444. The maximum absolute atomic E-state index is 6.01. The molecule has 1 unspecified atom stereocenters. The van der Waals surface area contributed by atoms with Gasteiger partial charge in [0, 0.05) is 6.54 Å². The van der Waals surface area contributed by atoms with Gasteiger partial charge in [0.25, 0.3) is 0 Å². The highest BCUT2D eigenvalue weighted by atomic mass is 16.5. The average Bonchev–Trinajstić information content (AvgIpc) is 2.91. The van der Waals surface area contributed by atoms with Crippen LogP contribution in [0.3, 0.4) is 0 Å². The highest BCUT2D eigenvalue weighted by molar-refractivity contribution is 5.35. The lowest BCUT2D eigenvalue weighted by Crippen LogP contribution is -2.28. The van der Waals surface area contributed by atoms with Gasteiger partial charge in [0.2, 0.25) is 0 Å². The normalized spacial score (nSPS) is 12.6. The Labute approximate surface area is 127 Å². The molecule has 1 aromatic heterocycles. The Morgan fingerprint density at radius 1 is 1.19 bits per heavy atom. The van der Waals surface area contributed by atoms with Crippen LogP contribution in [0, 0.1) is 6.92 Å². The SMILES string of the molecule is Cc1cc(OC(C)CNCc2ccco2)cc(C(C)C)c1. The first-order valence-corrected chi connectivity index (χ1v) is 7.56. The molecule has 0 aliphatic rings. The van der Waals surface area contributed by atoms with Crippen LogP contribution in [0.4, 0.5) is 0 Å². The van der Waals surface area contributed by atoms with E-state index in [4.69, 9.17) is 9.15 Å². The lowest BCUT2D eigenvalue weighted by molar-refractivity contribution is 0.215. The molecule has 0 amide bonds. The second-order valence-electron chi connectivity index (χ2n) is 5.87. The molecular formula is C18H25NO2. The first-order valence-electron chi connectivity index (χ1n) is 7.56. The van der Waals surface area contributed by atoms with E-state index in [1.807, 2.05) is 12.1 Å². The molecule has 2 aromatic rings. The van der Waals surface area contributed by atoms with Crippen LogP contribution in [0.15, 0.2) is 41.0 Å². The Kier molecular flexibility index (Phi) is 5.45. The number of furan rings is 1. The first-order chi connectivity index (χ1) is 10.0. The van der Waals surface area contributed by atoms with E-state index < -0.39 is 0 Å². The molecule has 0 saturated heterocycles. The molecule has 3 heteroatoms. The lowest BCUT2D eigenvalue weighted by atomic mass is 10.0. The van der Waals surface area contributed by atoms with E-state index in [9.17, 15) is 0 Å². The highest BCUT2D eigenvalue weighted by Crippen LogP contribution is 2.23. The van der Waals surface area contributed by atoms with E-state index in [-0.39, 0.29) is 6.10 Å². The second-order valence-corrected chi connectivity index (χ2v) is 5.87. The maximum atomic E-state index is 6.01. The third-order valence-corrected chi connectivity index (χ3v) is 3.39. The van der Waals surface area contributed by atoms with Gasteiger partial charge in [0.15, 0.2) is 0 Å². The zero-order valence-electron chi connectivity index (χ0n) is 13.3. The molecule has 0 saturated carbocycles. The lowest BCUT2D eigenvalue weighted by Gasteiger charge is -2.17. The molecule has 2 rings (SSSR count). The molecular weight excluding hydrogens is 262 g/mol. The summed E-state index contributed by atoms with van der Waals surface area (Å²) >= 11 is 0. The van der Waals surface area contributed by atoms with Crippen LogP contribution in [0.2, 0.25) is 0 Å². The quantitative estimate of drug-likeness (QED) is 0.826. The monoisotopic (exact) mass is 287 g/mol. The second kappa shape index (κ2) is 7.32. The van der Waals surface area contributed by atoms with Gasteiger partial charge in [-0.2, -0.15) is 0 Å². The zero-order chi connectivity index (χ0) is 15.2. The number of nitrogens with one attached hydrogen (secondary N) is 1. The van der Waals surface area contributed by atoms with Crippen molar-refractivity contribution in [3.05, 3.63) is 53.5 Å². The predicted octanol–water partition coefficient (Wildman–Crippen LogP) is 4.27. The fourth-order valence-electron chi connectivity index (χ4n) is 2.26. The number of rotatable bonds is 7. The van der Waals surface area contributed by atoms with Gasteiger partial charge in [0.05, 0.1) is 12.8 Å². The van der Waals surface area contributed by atoms with E-state index >= 15 is 0 Å². The molecule has 1 N–H and O–H groups in total. The minimum Gasteiger partial charge on any atom is -0.489 e. The molecule has 3 nitrogen and oxygen atoms in total. The van der Waals surface area contributed by atoms with Crippen LogP contribution in [0.5, 0.6) is 5.75 Å². The van der Waals surface area contributed by atoms with Crippen LogP contribution >= 0.6 is 0 Å². The van der Waals surface area contributed by atoms with Gasteiger partial charge in [-0.15, -0.1) is 0 Å². The molecule has 0 radical (unpaired) electrons. The Hall–Kier alpha value is -1.74. The van der Waals surface area contributed by atoms with Crippen LogP contribution in [0.25, 0.3) is 0 Å². The molecule has 0 fully saturated rings. The maximum Gasteiger partial charge on any atom is 0.120 e. The standard InChI is InChI=1S/C18H25NO2/c1-13(2)16-8-14(3)9-18(10-16)21-15(4)11-19-12-17-6-5-7-20-17/h5-10,13,15,19H,11-12H2,1-4H3. The molecule has 114 valence electrons. The van der Waals surface area contributed by atoms with Crippen molar-refractivity contribution in [3.8, 4) is 5.75 Å². The molecule has 1 heterocycles. The molecule has 1 aromatic carbocycles. The van der Waals surface area contributed by atoms with E-state index in [0.29, 0.717) is 5.92 Å². The van der Waals surface area contributed by atoms with Gasteiger partial charge in [-0.05, 0) is 55.2 Å². The van der Waals surface area contributed by atoms with E-state index in [1.165, 1.54) is 11.1 Å². The highest BCUT2D eigenvalue weighted by Gasteiger charge is 2.07. The van der Waals surface area contributed by atoms with Gasteiger partial charge < -0.3 is 14.5 Å². The molecule has 21 heavy (non-hydrogen) atoms. The van der Waals surface area contributed by atoms with Crippen LogP contribution < -0.4 is 10.1 Å². The smallest absolute Gasteiger partial charge is 0.120 e. The number of benzene rings is 1. The fourth-order valence-corrected chi connectivity index (χ4v) is 2.26. The third-order valence-electron chi connectivity index (χ3n) is 3.39. The summed E-state index contributed by atoms with van der Waals surface area (Å²) in [5.74, 6) is 2.41. The molecule has 0 aliphatic carbocycles. The van der Waals surface area contributed by atoms with E-state index in [1.54, 1.807) is 6.26 Å². The Morgan fingerprint density at radius 3 is 2.67 bits per heavy atom. The van der Waals surface area contributed by atoms with Crippen LogP contribution in [-0.2, 0) is 6.54 Å². The van der Waals surface area contributed by atoms with Gasteiger partial charge >= 0.3 is 0 Å². The van der Waals surface area contributed by atoms with Crippen LogP contribution in [0.1, 0.15) is 43.6 Å². The minimum absolute atomic E-state index is 0.113. The van der Waals surface area contributed by atoms with Crippen molar-refractivity contribution < 1.29 is 9.15 Å². The number of ether oxygens (including phenoxy) is 1. The van der Waals surface area contributed by atoms with Crippen molar-refractivity contribution in [2.45, 2.75) is 46.3 Å². The largest absolute Gasteiger partial charge is 0.489 e. The summed E-state index contributed by atoms with van der Waals surface area (Å²) in [6.07, 6.45) is 1.80.